The van der Waals surface area contributed by atoms with Crippen molar-refractivity contribution in [3.63, 3.8) is 0 Å². The number of benzene rings is 1. The summed E-state index contributed by atoms with van der Waals surface area (Å²) in [6.07, 6.45) is 0.853. The Labute approximate surface area is 128 Å². The molecule has 0 aliphatic rings. The minimum atomic E-state index is -0.309. The topological polar surface area (TPSA) is 72.3 Å². The van der Waals surface area contributed by atoms with E-state index in [-0.39, 0.29) is 24.5 Å². The van der Waals surface area contributed by atoms with Crippen LogP contribution in [0.3, 0.4) is 0 Å². The van der Waals surface area contributed by atoms with E-state index in [1.165, 1.54) is 5.56 Å². The van der Waals surface area contributed by atoms with Gasteiger partial charge in [0.1, 0.15) is 0 Å². The predicted octanol–water partition coefficient (Wildman–Crippen LogP) is 2.22. The predicted molar refractivity (Wildman–Crippen MR) is 87.8 cm³/mol. The van der Waals surface area contributed by atoms with Crippen LogP contribution in [0.2, 0.25) is 0 Å². The molecule has 0 aliphatic heterocycles. The zero-order valence-corrected chi connectivity index (χ0v) is 13.7. The highest BCUT2D eigenvalue weighted by atomic mass is 16.1. The summed E-state index contributed by atoms with van der Waals surface area (Å²) in [7, 11) is 0. The van der Waals surface area contributed by atoms with Crippen LogP contribution in [0.5, 0.6) is 0 Å². The fraction of sp³-hybridized carbons (Fsp3) is 0.588. The lowest BCUT2D eigenvalue weighted by Gasteiger charge is -2.36. The van der Waals surface area contributed by atoms with Gasteiger partial charge in [-0.1, -0.05) is 50.6 Å². The van der Waals surface area contributed by atoms with Crippen LogP contribution >= 0.6 is 0 Å². The van der Waals surface area contributed by atoms with Crippen LogP contribution in [0.15, 0.2) is 24.3 Å². The lowest BCUT2D eigenvalue weighted by molar-refractivity contribution is -0.120. The van der Waals surface area contributed by atoms with Crippen molar-refractivity contribution in [3.8, 4) is 0 Å². The Bertz CT molecular complexity index is 442. The zero-order valence-electron chi connectivity index (χ0n) is 13.7. The number of carbonyl (C=O) groups excluding carboxylic acids is 1. The molecule has 4 heteroatoms. The molecule has 0 saturated carbocycles. The van der Waals surface area contributed by atoms with Crippen molar-refractivity contribution in [2.45, 2.75) is 46.2 Å². The minimum Gasteiger partial charge on any atom is -0.369 e. The van der Waals surface area contributed by atoms with Gasteiger partial charge in [-0.3, -0.25) is 9.69 Å². The normalized spacial score (nSPS) is 14.4. The van der Waals surface area contributed by atoms with Gasteiger partial charge in [-0.05, 0) is 24.8 Å². The smallest absolute Gasteiger partial charge is 0.231 e. The van der Waals surface area contributed by atoms with Gasteiger partial charge in [0.2, 0.25) is 5.91 Å². The van der Waals surface area contributed by atoms with E-state index in [1.54, 1.807) is 0 Å². The summed E-state index contributed by atoms with van der Waals surface area (Å²) < 4.78 is 0. The summed E-state index contributed by atoms with van der Waals surface area (Å²) >= 11 is 0. The van der Waals surface area contributed by atoms with E-state index >= 15 is 0 Å². The van der Waals surface area contributed by atoms with Crippen LogP contribution < -0.4 is 11.5 Å². The Morgan fingerprint density at radius 1 is 1.24 bits per heavy atom. The third kappa shape index (κ3) is 5.48. The quantitative estimate of drug-likeness (QED) is 0.771. The molecule has 0 aromatic heterocycles. The van der Waals surface area contributed by atoms with Gasteiger partial charge in [0.15, 0.2) is 0 Å². The average molecular weight is 291 g/mol. The Balaban J connectivity index is 3.12. The summed E-state index contributed by atoms with van der Waals surface area (Å²) in [5.41, 5.74) is 14.1. The first kappa shape index (κ1) is 17.7. The van der Waals surface area contributed by atoms with Crippen LogP contribution in [-0.4, -0.2) is 29.9 Å². The molecule has 4 nitrogen and oxygen atoms in total. The van der Waals surface area contributed by atoms with Crippen LogP contribution in [0.1, 0.15) is 44.4 Å². The molecule has 2 atom stereocenters. The van der Waals surface area contributed by atoms with Gasteiger partial charge in [-0.2, -0.15) is 0 Å². The maximum absolute atomic E-state index is 11.4. The van der Waals surface area contributed by atoms with Crippen molar-refractivity contribution in [1.29, 1.82) is 0 Å². The molecule has 2 unspecified atom stereocenters. The number of nitrogens with zero attached hydrogens (tertiary/aromatic N) is 1. The van der Waals surface area contributed by atoms with Gasteiger partial charge in [0.25, 0.3) is 0 Å². The molecule has 0 fully saturated rings. The Hall–Kier alpha value is -1.39. The first-order valence-electron chi connectivity index (χ1n) is 7.69. The van der Waals surface area contributed by atoms with E-state index < -0.39 is 0 Å². The standard InChI is InChI=1S/C17H29N3O/c1-5-15(18)17(14-8-6-13(4)7-9-14)20(10-12(2)3)11-16(19)21/h6-9,12,15,17H,5,10-11,18H2,1-4H3,(H2,19,21). The van der Waals surface area contributed by atoms with Crippen LogP contribution in [0, 0.1) is 12.8 Å². The van der Waals surface area contributed by atoms with E-state index in [0.29, 0.717) is 5.92 Å². The number of carbonyl (C=O) groups is 1. The van der Waals surface area contributed by atoms with Crippen LogP contribution in [-0.2, 0) is 4.79 Å². The summed E-state index contributed by atoms with van der Waals surface area (Å²) in [4.78, 5) is 13.5. The first-order chi connectivity index (χ1) is 9.85. The number of hydrogen-bond donors (Lipinski definition) is 2. The highest BCUT2D eigenvalue weighted by Gasteiger charge is 2.27. The van der Waals surface area contributed by atoms with Gasteiger partial charge >= 0.3 is 0 Å². The Morgan fingerprint density at radius 2 is 1.81 bits per heavy atom. The highest BCUT2D eigenvalue weighted by Crippen LogP contribution is 2.26. The number of aryl methyl sites for hydroxylation is 1. The molecule has 0 radical (unpaired) electrons. The number of amides is 1. The molecule has 0 saturated heterocycles. The molecule has 0 heterocycles. The van der Waals surface area contributed by atoms with Crippen molar-refractivity contribution >= 4 is 5.91 Å². The molecule has 118 valence electrons. The van der Waals surface area contributed by atoms with Crippen molar-refractivity contribution < 1.29 is 4.79 Å². The van der Waals surface area contributed by atoms with E-state index in [1.807, 2.05) is 0 Å². The third-order valence-electron chi connectivity index (χ3n) is 3.65. The molecule has 0 spiro atoms. The summed E-state index contributed by atoms with van der Waals surface area (Å²) in [5, 5.41) is 0. The molecule has 1 amide bonds. The maximum Gasteiger partial charge on any atom is 0.231 e. The van der Waals surface area contributed by atoms with Gasteiger partial charge in [-0.15, -0.1) is 0 Å². The van der Waals surface area contributed by atoms with E-state index in [4.69, 9.17) is 11.5 Å². The van der Waals surface area contributed by atoms with Crippen molar-refractivity contribution in [1.82, 2.24) is 4.90 Å². The lowest BCUT2D eigenvalue weighted by Crippen LogP contribution is -2.46. The van der Waals surface area contributed by atoms with E-state index in [2.05, 4.69) is 56.9 Å². The first-order valence-corrected chi connectivity index (χ1v) is 7.69. The highest BCUT2D eigenvalue weighted by molar-refractivity contribution is 5.76. The van der Waals surface area contributed by atoms with Gasteiger partial charge in [0.05, 0.1) is 12.6 Å². The molecule has 0 bridgehead atoms. The van der Waals surface area contributed by atoms with Crippen molar-refractivity contribution in [3.05, 3.63) is 35.4 Å². The van der Waals surface area contributed by atoms with Crippen LogP contribution in [0.25, 0.3) is 0 Å². The third-order valence-corrected chi connectivity index (χ3v) is 3.65. The zero-order chi connectivity index (χ0) is 16.0. The van der Waals surface area contributed by atoms with Gasteiger partial charge < -0.3 is 11.5 Å². The van der Waals surface area contributed by atoms with Gasteiger partial charge in [-0.25, -0.2) is 0 Å². The molecule has 0 aliphatic carbocycles. The number of rotatable bonds is 8. The molecule has 1 rings (SSSR count). The summed E-state index contributed by atoms with van der Waals surface area (Å²) in [6.45, 7) is 9.45. The minimum absolute atomic E-state index is 0.0190. The Morgan fingerprint density at radius 3 is 2.24 bits per heavy atom. The van der Waals surface area contributed by atoms with Gasteiger partial charge in [0, 0.05) is 12.6 Å². The fourth-order valence-corrected chi connectivity index (χ4v) is 2.66. The number of nitrogens with two attached hydrogens (primary N) is 2. The number of primary amides is 1. The second-order valence-electron chi connectivity index (χ2n) is 6.22. The SMILES string of the molecule is CCC(N)C(c1ccc(C)cc1)N(CC(N)=O)CC(C)C. The largest absolute Gasteiger partial charge is 0.369 e. The average Bonchev–Trinajstić information content (AvgIpc) is 2.39. The molecular weight excluding hydrogens is 262 g/mol. The van der Waals surface area contributed by atoms with Crippen LogP contribution in [0.4, 0.5) is 0 Å². The summed E-state index contributed by atoms with van der Waals surface area (Å²) in [5.74, 6) is 0.136. The molecule has 1 aromatic carbocycles. The second kappa shape index (κ2) is 8.15. The summed E-state index contributed by atoms with van der Waals surface area (Å²) in [6, 6.07) is 8.37. The van der Waals surface area contributed by atoms with Crippen molar-refractivity contribution in [2.75, 3.05) is 13.1 Å². The monoisotopic (exact) mass is 291 g/mol. The lowest BCUT2D eigenvalue weighted by atomic mass is 9.94. The number of hydrogen-bond acceptors (Lipinski definition) is 3. The van der Waals surface area contributed by atoms with E-state index in [0.717, 1.165) is 18.5 Å². The molecule has 21 heavy (non-hydrogen) atoms. The van der Waals surface area contributed by atoms with E-state index in [9.17, 15) is 4.79 Å². The molecular formula is C17H29N3O. The fourth-order valence-electron chi connectivity index (χ4n) is 2.66. The molecule has 1 aromatic rings. The second-order valence-corrected chi connectivity index (χ2v) is 6.22. The van der Waals surface area contributed by atoms with Crippen molar-refractivity contribution in [2.24, 2.45) is 17.4 Å². The maximum atomic E-state index is 11.4. The molecule has 4 N–H and O–H groups in total. The Kier molecular flexibility index (Phi) is 6.85.